The van der Waals surface area contributed by atoms with E-state index in [1.54, 1.807) is 0 Å². The fourth-order valence-corrected chi connectivity index (χ4v) is 0. The largest absolute Gasteiger partial charge is 0.266 e. The first kappa shape index (κ1) is 11.6. The third kappa shape index (κ3) is 78.0. The van der Waals surface area contributed by atoms with Gasteiger partial charge in [-0.1, -0.05) is 46.4 Å². The molecule has 0 fully saturated rings. The van der Waals surface area contributed by atoms with Gasteiger partial charge in [0.2, 0.25) is 0 Å². The lowest BCUT2D eigenvalue weighted by Crippen LogP contribution is -1.81. The highest BCUT2D eigenvalue weighted by Crippen LogP contribution is 2.29. The van der Waals surface area contributed by atoms with Crippen LogP contribution < -0.4 is 0 Å². The molecule has 0 heterocycles. The Morgan fingerprint density at radius 2 is 0.857 bits per heavy atom. The molecule has 0 aliphatic carbocycles. The first-order chi connectivity index (χ1) is 3.00. The Labute approximate surface area is 72.7 Å². The molecule has 0 saturated heterocycles. The molecule has 7 heavy (non-hydrogen) atoms. The number of rotatable bonds is 0. The van der Waals surface area contributed by atoms with Gasteiger partial charge < -0.3 is 0 Å². The molecular formula is CH2Cl4S2. The molecule has 46 valence electrons. The Balaban J connectivity index is 0. The highest BCUT2D eigenvalue weighted by atomic mass is 35.6. The van der Waals surface area contributed by atoms with E-state index in [0.29, 0.717) is 0 Å². The fraction of sp³-hybridized carbons (Fsp3) is 1.00. The summed E-state index contributed by atoms with van der Waals surface area (Å²) in [5, 5.41) is 0. The average molecular weight is 220 g/mol. The van der Waals surface area contributed by atoms with Crippen LogP contribution in [-0.2, 0) is 0 Å². The second-order valence-electron chi connectivity index (χ2n) is 0.429. The molecule has 0 aliphatic heterocycles. The van der Waals surface area contributed by atoms with Crippen LogP contribution in [0.4, 0.5) is 0 Å². The van der Waals surface area contributed by atoms with E-state index in [1.807, 2.05) is 0 Å². The van der Waals surface area contributed by atoms with E-state index in [-0.39, 0.29) is 0 Å². The van der Waals surface area contributed by atoms with Gasteiger partial charge in [0.25, 0.3) is 3.25 Å². The number of alkyl halides is 4. The molecule has 0 aromatic carbocycles. The number of thiol groups is 2. The van der Waals surface area contributed by atoms with Gasteiger partial charge in [0.1, 0.15) is 0 Å². The van der Waals surface area contributed by atoms with E-state index in [2.05, 4.69) is 23.3 Å². The molecule has 0 amide bonds. The van der Waals surface area contributed by atoms with E-state index in [1.165, 1.54) is 0 Å². The van der Waals surface area contributed by atoms with Crippen LogP contribution in [0, 0.1) is 0 Å². The average Bonchev–Trinajstić information content (AvgIpc) is 1.36. The van der Waals surface area contributed by atoms with Gasteiger partial charge in [0.05, 0.1) is 0 Å². The van der Waals surface area contributed by atoms with Crippen molar-refractivity contribution in [3.63, 3.8) is 0 Å². The van der Waals surface area contributed by atoms with Crippen molar-refractivity contribution in [1.29, 1.82) is 0 Å². The van der Waals surface area contributed by atoms with Crippen molar-refractivity contribution in [3.05, 3.63) is 0 Å². The van der Waals surface area contributed by atoms with Gasteiger partial charge in [-0.15, -0.1) is 23.3 Å². The molecule has 0 spiro atoms. The molecule has 0 saturated carbocycles. The second-order valence-corrected chi connectivity index (χ2v) is 3.86. The zero-order chi connectivity index (χ0) is 6.50. The van der Waals surface area contributed by atoms with Gasteiger partial charge in [-0.3, -0.25) is 0 Å². The van der Waals surface area contributed by atoms with Crippen LogP contribution in [0.3, 0.4) is 0 Å². The lowest BCUT2D eigenvalue weighted by atomic mass is 11.8. The topological polar surface area (TPSA) is 0 Å². The molecule has 0 nitrogen and oxygen atoms in total. The molecule has 0 aromatic heterocycles. The molecule has 0 aromatic rings. The lowest BCUT2D eigenvalue weighted by molar-refractivity contribution is 1.76. The lowest BCUT2D eigenvalue weighted by Gasteiger charge is -1.91. The van der Waals surface area contributed by atoms with Gasteiger partial charge in [-0.2, -0.15) is 0 Å². The quantitative estimate of drug-likeness (QED) is 0.349. The van der Waals surface area contributed by atoms with E-state index >= 15 is 0 Å². The third-order valence-corrected chi connectivity index (χ3v) is 0. The summed E-state index contributed by atoms with van der Waals surface area (Å²) in [6.07, 6.45) is 0. The molecule has 0 rings (SSSR count). The highest BCUT2D eigenvalue weighted by Gasteiger charge is 2.11. The molecule has 0 bridgehead atoms. The zero-order valence-corrected chi connectivity index (χ0v) is 7.72. The SMILES string of the molecule is ClC(Cl)(Cl)Cl.SS. The minimum absolute atomic E-state index is 1.61. The van der Waals surface area contributed by atoms with Gasteiger partial charge >= 0.3 is 0 Å². The normalized spacial score (nSPS) is 9.43. The van der Waals surface area contributed by atoms with Crippen LogP contribution >= 0.6 is 69.7 Å². The molecule has 0 aliphatic rings. The Hall–Kier alpha value is 1.86. The summed E-state index contributed by atoms with van der Waals surface area (Å²) >= 11 is 25.7. The van der Waals surface area contributed by atoms with Gasteiger partial charge in [-0.05, 0) is 0 Å². The van der Waals surface area contributed by atoms with Crippen molar-refractivity contribution in [1.82, 2.24) is 0 Å². The predicted molar refractivity (Wildman–Crippen MR) is 44.1 cm³/mol. The first-order valence-electron chi connectivity index (χ1n) is 0.956. The minimum Gasteiger partial charge on any atom is -0.115 e. The summed E-state index contributed by atoms with van der Waals surface area (Å²) in [6, 6.07) is 0. The summed E-state index contributed by atoms with van der Waals surface area (Å²) in [6.45, 7) is 0. The predicted octanol–water partition coefficient (Wildman–Crippen LogP) is 3.31. The van der Waals surface area contributed by atoms with E-state index in [4.69, 9.17) is 46.4 Å². The Morgan fingerprint density at radius 3 is 0.857 bits per heavy atom. The maximum Gasteiger partial charge on any atom is 0.266 e. The summed E-state index contributed by atoms with van der Waals surface area (Å²) < 4.78 is -1.61. The number of hydrogen-bond acceptors (Lipinski definition) is 2. The van der Waals surface area contributed by atoms with Crippen LogP contribution in [-0.4, -0.2) is 3.25 Å². The maximum absolute atomic E-state index is 4.83. The highest BCUT2D eigenvalue weighted by molar-refractivity contribution is 8.59. The van der Waals surface area contributed by atoms with Crippen LogP contribution in [0.1, 0.15) is 0 Å². The van der Waals surface area contributed by atoms with E-state index in [0.717, 1.165) is 0 Å². The summed E-state index contributed by atoms with van der Waals surface area (Å²) in [5.74, 6) is 0. The van der Waals surface area contributed by atoms with E-state index in [9.17, 15) is 0 Å². The van der Waals surface area contributed by atoms with Gasteiger partial charge in [0, 0.05) is 0 Å². The maximum atomic E-state index is 4.83. The molecule has 0 radical (unpaired) electrons. The van der Waals surface area contributed by atoms with Gasteiger partial charge in [0.15, 0.2) is 0 Å². The van der Waals surface area contributed by atoms with Crippen LogP contribution in [0.25, 0.3) is 0 Å². The molecular weight excluding hydrogens is 218 g/mol. The zero-order valence-electron chi connectivity index (χ0n) is 2.91. The van der Waals surface area contributed by atoms with Crippen LogP contribution in [0.5, 0.6) is 0 Å². The monoisotopic (exact) mass is 218 g/mol. The van der Waals surface area contributed by atoms with Gasteiger partial charge in [-0.25, -0.2) is 0 Å². The summed E-state index contributed by atoms with van der Waals surface area (Å²) in [4.78, 5) is 0. The minimum atomic E-state index is -1.61. The molecule has 0 unspecified atom stereocenters. The molecule has 0 atom stereocenters. The standard InChI is InChI=1S/CCl4.H2S2/c2-1(3,4)5;1-2/h;1-2H. The van der Waals surface area contributed by atoms with Crippen molar-refractivity contribution in [2.75, 3.05) is 0 Å². The Morgan fingerprint density at radius 1 is 0.857 bits per heavy atom. The van der Waals surface area contributed by atoms with Crippen molar-refractivity contribution < 1.29 is 0 Å². The van der Waals surface area contributed by atoms with Crippen molar-refractivity contribution in [3.8, 4) is 0 Å². The van der Waals surface area contributed by atoms with E-state index < -0.39 is 3.25 Å². The second kappa shape index (κ2) is 5.99. The third-order valence-electron chi connectivity index (χ3n) is 0. The fourth-order valence-electron chi connectivity index (χ4n) is 0. The molecule has 0 N–H and O–H groups in total. The van der Waals surface area contributed by atoms with Crippen LogP contribution in [0.2, 0.25) is 0 Å². The first-order valence-corrected chi connectivity index (χ1v) is 4.07. The Bertz CT molecular complexity index is 25.2. The van der Waals surface area contributed by atoms with Crippen molar-refractivity contribution >= 4 is 69.7 Å². The summed E-state index contributed by atoms with van der Waals surface area (Å²) in [7, 11) is 0. The van der Waals surface area contributed by atoms with Crippen molar-refractivity contribution in [2.45, 2.75) is 3.25 Å². The van der Waals surface area contributed by atoms with Crippen molar-refractivity contribution in [2.24, 2.45) is 0 Å². The Kier molecular flexibility index (Phi) is 9.95. The number of hydrogen-bond donors (Lipinski definition) is 2. The molecule has 6 heteroatoms. The number of halogens is 4. The smallest absolute Gasteiger partial charge is 0.115 e. The summed E-state index contributed by atoms with van der Waals surface area (Å²) in [5.41, 5.74) is 0. The van der Waals surface area contributed by atoms with Crippen LogP contribution in [0.15, 0.2) is 0 Å².